The Morgan fingerprint density at radius 3 is 2.62 bits per heavy atom. The molecule has 13 heavy (non-hydrogen) atoms. The molecule has 0 saturated carbocycles. The lowest BCUT2D eigenvalue weighted by molar-refractivity contribution is 0.173. The Bertz CT molecular complexity index is 161. The Balaban J connectivity index is 2.52. The molecule has 3 N–H and O–H groups in total. The zero-order chi connectivity index (χ0) is 9.90. The van der Waals surface area contributed by atoms with E-state index >= 15 is 0 Å². The molecular formula is C10H22N2O. The first-order valence-electron chi connectivity index (χ1n) is 5.18. The summed E-state index contributed by atoms with van der Waals surface area (Å²) in [6, 6.07) is 0.604. The van der Waals surface area contributed by atoms with Crippen molar-refractivity contribution in [1.82, 2.24) is 4.90 Å². The second-order valence-corrected chi connectivity index (χ2v) is 4.49. The summed E-state index contributed by atoms with van der Waals surface area (Å²) < 4.78 is 0. The first kappa shape index (κ1) is 11.0. The van der Waals surface area contributed by atoms with Crippen LogP contribution in [0, 0.1) is 5.41 Å². The summed E-state index contributed by atoms with van der Waals surface area (Å²) in [6.45, 7) is 7.59. The van der Waals surface area contributed by atoms with E-state index in [2.05, 4.69) is 18.7 Å². The summed E-state index contributed by atoms with van der Waals surface area (Å²) >= 11 is 0. The first-order valence-corrected chi connectivity index (χ1v) is 5.18. The first-order chi connectivity index (χ1) is 6.13. The van der Waals surface area contributed by atoms with Crippen LogP contribution >= 0.6 is 0 Å². The Morgan fingerprint density at radius 2 is 2.23 bits per heavy atom. The fourth-order valence-corrected chi connectivity index (χ4v) is 2.12. The quantitative estimate of drug-likeness (QED) is 0.669. The average molecular weight is 186 g/mol. The van der Waals surface area contributed by atoms with E-state index in [1.165, 1.54) is 0 Å². The molecule has 0 amide bonds. The molecule has 1 unspecified atom stereocenters. The molecule has 1 atom stereocenters. The molecular weight excluding hydrogens is 164 g/mol. The molecule has 0 aromatic carbocycles. The third-order valence-electron chi connectivity index (χ3n) is 3.27. The van der Waals surface area contributed by atoms with E-state index in [1.807, 2.05) is 0 Å². The van der Waals surface area contributed by atoms with E-state index in [9.17, 15) is 0 Å². The van der Waals surface area contributed by atoms with Crippen molar-refractivity contribution in [2.75, 3.05) is 26.2 Å². The van der Waals surface area contributed by atoms with Crippen LogP contribution in [0.25, 0.3) is 0 Å². The van der Waals surface area contributed by atoms with Gasteiger partial charge < -0.3 is 15.7 Å². The molecule has 3 heteroatoms. The van der Waals surface area contributed by atoms with Crippen molar-refractivity contribution in [2.45, 2.75) is 32.7 Å². The van der Waals surface area contributed by atoms with E-state index in [0.29, 0.717) is 12.6 Å². The van der Waals surface area contributed by atoms with Gasteiger partial charge in [0.15, 0.2) is 0 Å². The van der Waals surface area contributed by atoms with Crippen LogP contribution in [0.2, 0.25) is 0 Å². The highest BCUT2D eigenvalue weighted by atomic mass is 16.3. The van der Waals surface area contributed by atoms with E-state index in [1.54, 1.807) is 0 Å². The molecule has 0 aromatic heterocycles. The van der Waals surface area contributed by atoms with Crippen molar-refractivity contribution in [3.63, 3.8) is 0 Å². The lowest BCUT2D eigenvalue weighted by atomic mass is 9.84. The minimum absolute atomic E-state index is 0.193. The zero-order valence-electron chi connectivity index (χ0n) is 8.79. The van der Waals surface area contributed by atoms with Gasteiger partial charge in [0.25, 0.3) is 0 Å². The molecule has 1 aliphatic heterocycles. The SMILES string of the molecule is CC(C)N1CCC(CN)(CCO)C1. The highest BCUT2D eigenvalue weighted by Gasteiger charge is 2.36. The molecule has 0 bridgehead atoms. The van der Waals surface area contributed by atoms with Crippen molar-refractivity contribution < 1.29 is 5.11 Å². The smallest absolute Gasteiger partial charge is 0.0437 e. The van der Waals surface area contributed by atoms with Crippen LogP contribution < -0.4 is 5.73 Å². The van der Waals surface area contributed by atoms with E-state index < -0.39 is 0 Å². The van der Waals surface area contributed by atoms with Gasteiger partial charge >= 0.3 is 0 Å². The standard InChI is InChI=1S/C10H22N2O/c1-9(2)12-5-3-10(7-11,8-12)4-6-13/h9,13H,3-8,11H2,1-2H3. The van der Waals surface area contributed by atoms with Crippen LogP contribution in [0.1, 0.15) is 26.7 Å². The van der Waals surface area contributed by atoms with Gasteiger partial charge in [-0.2, -0.15) is 0 Å². The third kappa shape index (κ3) is 2.42. The van der Waals surface area contributed by atoms with Crippen molar-refractivity contribution in [2.24, 2.45) is 11.1 Å². The molecule has 1 heterocycles. The monoisotopic (exact) mass is 186 g/mol. The second-order valence-electron chi connectivity index (χ2n) is 4.49. The third-order valence-corrected chi connectivity index (χ3v) is 3.27. The molecule has 0 spiro atoms. The maximum atomic E-state index is 8.97. The largest absolute Gasteiger partial charge is 0.396 e. The van der Waals surface area contributed by atoms with Crippen molar-refractivity contribution in [3.8, 4) is 0 Å². The lowest BCUT2D eigenvalue weighted by Gasteiger charge is -2.28. The number of nitrogens with zero attached hydrogens (tertiary/aromatic N) is 1. The minimum Gasteiger partial charge on any atom is -0.396 e. The predicted octanol–water partition coefficient (Wildman–Crippen LogP) is 0.428. The molecule has 0 radical (unpaired) electrons. The van der Waals surface area contributed by atoms with Crippen LogP contribution in [0.3, 0.4) is 0 Å². The highest BCUT2D eigenvalue weighted by Crippen LogP contribution is 2.33. The normalized spacial score (nSPS) is 30.2. The van der Waals surface area contributed by atoms with Crippen LogP contribution in [0.15, 0.2) is 0 Å². The fourth-order valence-electron chi connectivity index (χ4n) is 2.12. The molecule has 1 rings (SSSR count). The summed E-state index contributed by atoms with van der Waals surface area (Å²) in [4.78, 5) is 2.45. The van der Waals surface area contributed by atoms with Crippen LogP contribution in [-0.4, -0.2) is 42.3 Å². The van der Waals surface area contributed by atoms with Gasteiger partial charge in [0.2, 0.25) is 0 Å². The molecule has 3 nitrogen and oxygen atoms in total. The van der Waals surface area contributed by atoms with Gasteiger partial charge in [0, 0.05) is 19.2 Å². The Kier molecular flexibility index (Phi) is 3.71. The summed E-state index contributed by atoms with van der Waals surface area (Å²) in [5.74, 6) is 0. The van der Waals surface area contributed by atoms with E-state index in [-0.39, 0.29) is 12.0 Å². The van der Waals surface area contributed by atoms with Crippen molar-refractivity contribution >= 4 is 0 Å². The van der Waals surface area contributed by atoms with E-state index in [4.69, 9.17) is 10.8 Å². The number of likely N-dealkylation sites (tertiary alicyclic amines) is 1. The molecule has 1 fully saturated rings. The number of rotatable bonds is 4. The predicted molar refractivity (Wildman–Crippen MR) is 54.5 cm³/mol. The molecule has 0 aromatic rings. The van der Waals surface area contributed by atoms with Gasteiger partial charge in [-0.15, -0.1) is 0 Å². The zero-order valence-corrected chi connectivity index (χ0v) is 8.79. The van der Waals surface area contributed by atoms with E-state index in [0.717, 1.165) is 25.9 Å². The average Bonchev–Trinajstić information content (AvgIpc) is 2.51. The Labute approximate surface area is 80.9 Å². The molecule has 1 aliphatic rings. The Hall–Kier alpha value is -0.120. The van der Waals surface area contributed by atoms with Gasteiger partial charge in [-0.25, -0.2) is 0 Å². The molecule has 0 aliphatic carbocycles. The maximum absolute atomic E-state index is 8.97. The lowest BCUT2D eigenvalue weighted by Crippen LogP contribution is -2.37. The number of hydrogen-bond acceptors (Lipinski definition) is 3. The number of aliphatic hydroxyl groups excluding tert-OH is 1. The highest BCUT2D eigenvalue weighted by molar-refractivity contribution is 4.91. The number of nitrogens with two attached hydrogens (primary N) is 1. The summed E-state index contributed by atoms with van der Waals surface area (Å²) in [6.07, 6.45) is 2.00. The summed E-state index contributed by atoms with van der Waals surface area (Å²) in [7, 11) is 0. The topological polar surface area (TPSA) is 49.5 Å². The summed E-state index contributed by atoms with van der Waals surface area (Å²) in [5.41, 5.74) is 5.97. The Morgan fingerprint density at radius 1 is 1.54 bits per heavy atom. The van der Waals surface area contributed by atoms with Crippen molar-refractivity contribution in [1.29, 1.82) is 0 Å². The van der Waals surface area contributed by atoms with Crippen molar-refractivity contribution in [3.05, 3.63) is 0 Å². The fraction of sp³-hybridized carbons (Fsp3) is 1.00. The number of aliphatic hydroxyl groups is 1. The van der Waals surface area contributed by atoms with Gasteiger partial charge in [-0.3, -0.25) is 0 Å². The number of hydrogen-bond donors (Lipinski definition) is 2. The molecule has 78 valence electrons. The molecule has 1 saturated heterocycles. The van der Waals surface area contributed by atoms with Gasteiger partial charge in [-0.05, 0) is 45.2 Å². The summed E-state index contributed by atoms with van der Waals surface area (Å²) in [5, 5.41) is 8.97. The minimum atomic E-state index is 0.193. The van der Waals surface area contributed by atoms with Gasteiger partial charge in [-0.1, -0.05) is 0 Å². The van der Waals surface area contributed by atoms with Gasteiger partial charge in [0.05, 0.1) is 0 Å². The van der Waals surface area contributed by atoms with Gasteiger partial charge in [0.1, 0.15) is 0 Å². The van der Waals surface area contributed by atoms with Crippen LogP contribution in [0.5, 0.6) is 0 Å². The van der Waals surface area contributed by atoms with Crippen LogP contribution in [0.4, 0.5) is 0 Å². The maximum Gasteiger partial charge on any atom is 0.0437 e. The van der Waals surface area contributed by atoms with Crippen LogP contribution in [-0.2, 0) is 0 Å². The second kappa shape index (κ2) is 4.40.